The zero-order valence-corrected chi connectivity index (χ0v) is 12.9. The maximum Gasteiger partial charge on any atom is 0.161 e. The van der Waals surface area contributed by atoms with E-state index in [0.717, 1.165) is 19.8 Å². The highest BCUT2D eigenvalue weighted by Crippen LogP contribution is 2.09. The molecule has 0 saturated heterocycles. The maximum absolute atomic E-state index is 5.82. The first-order valence-corrected chi connectivity index (χ1v) is 8.06. The predicted molar refractivity (Wildman–Crippen MR) is 72.8 cm³/mol. The van der Waals surface area contributed by atoms with Gasteiger partial charge >= 0.3 is 0 Å². The fourth-order valence-corrected chi connectivity index (χ4v) is 2.68. The van der Waals surface area contributed by atoms with E-state index in [0.29, 0.717) is 0 Å². The molecular formula is C12H29NO2Si. The molecule has 0 radical (unpaired) electrons. The Kier molecular flexibility index (Phi) is 10.3. The Morgan fingerprint density at radius 2 is 1.94 bits per heavy atom. The molecular weight excluding hydrogens is 218 g/mol. The van der Waals surface area contributed by atoms with Crippen molar-refractivity contribution in [2.75, 3.05) is 26.8 Å². The van der Waals surface area contributed by atoms with E-state index in [1.807, 2.05) is 7.05 Å². The largest absolute Gasteiger partial charge is 0.424 e. The molecule has 0 aromatic rings. The normalized spacial score (nSPS) is 12.8. The Hall–Kier alpha value is 0.0969. The van der Waals surface area contributed by atoms with Crippen molar-refractivity contribution in [1.82, 2.24) is 5.32 Å². The van der Waals surface area contributed by atoms with Crippen molar-refractivity contribution in [3.63, 3.8) is 0 Å². The van der Waals surface area contributed by atoms with Crippen molar-refractivity contribution in [3.05, 3.63) is 0 Å². The van der Waals surface area contributed by atoms with E-state index in [4.69, 9.17) is 9.16 Å². The Morgan fingerprint density at radius 1 is 1.19 bits per heavy atom. The maximum atomic E-state index is 5.82. The van der Waals surface area contributed by atoms with E-state index in [1.165, 1.54) is 25.3 Å². The van der Waals surface area contributed by atoms with Gasteiger partial charge in [-0.05, 0) is 40.3 Å². The lowest BCUT2D eigenvalue weighted by molar-refractivity contribution is -0.0167. The first-order chi connectivity index (χ1) is 7.62. The SMILES string of the molecule is CCO[SiH2]CCCCCOC(C)(C)CNC. The highest BCUT2D eigenvalue weighted by molar-refractivity contribution is 6.26. The Balaban J connectivity index is 3.20. The number of hydrogen-bond acceptors (Lipinski definition) is 3. The number of ether oxygens (including phenoxy) is 1. The highest BCUT2D eigenvalue weighted by atomic mass is 28.2. The first-order valence-electron chi connectivity index (χ1n) is 6.48. The van der Waals surface area contributed by atoms with Gasteiger partial charge in [0.1, 0.15) is 0 Å². The van der Waals surface area contributed by atoms with Crippen LogP contribution in [0, 0.1) is 0 Å². The fraction of sp³-hybridized carbons (Fsp3) is 1.00. The second kappa shape index (κ2) is 10.3. The zero-order valence-electron chi connectivity index (χ0n) is 11.5. The van der Waals surface area contributed by atoms with Crippen LogP contribution in [0.15, 0.2) is 0 Å². The van der Waals surface area contributed by atoms with Gasteiger partial charge in [-0.15, -0.1) is 0 Å². The van der Waals surface area contributed by atoms with Crippen molar-refractivity contribution in [2.24, 2.45) is 0 Å². The van der Waals surface area contributed by atoms with Gasteiger partial charge in [-0.3, -0.25) is 0 Å². The molecule has 0 saturated carbocycles. The quantitative estimate of drug-likeness (QED) is 0.445. The molecule has 0 fully saturated rings. The molecule has 0 bridgehead atoms. The molecule has 0 rings (SSSR count). The lowest BCUT2D eigenvalue weighted by Gasteiger charge is -2.24. The summed E-state index contributed by atoms with van der Waals surface area (Å²) in [6, 6.07) is 1.31. The van der Waals surface area contributed by atoms with Gasteiger partial charge in [0.05, 0.1) is 5.60 Å². The van der Waals surface area contributed by atoms with Gasteiger partial charge in [0.25, 0.3) is 0 Å². The third-order valence-electron chi connectivity index (χ3n) is 2.48. The van der Waals surface area contributed by atoms with E-state index in [-0.39, 0.29) is 15.4 Å². The Morgan fingerprint density at radius 3 is 2.56 bits per heavy atom. The van der Waals surface area contributed by atoms with Gasteiger partial charge in [0.15, 0.2) is 9.76 Å². The molecule has 0 spiro atoms. The zero-order chi connectivity index (χ0) is 12.3. The molecule has 4 heteroatoms. The average molecular weight is 247 g/mol. The summed E-state index contributed by atoms with van der Waals surface area (Å²) < 4.78 is 11.2. The standard InChI is InChI=1S/C12H29NO2Si/c1-5-15-16-10-8-6-7-9-14-12(2,3)11-13-4/h13H,5-11,16H2,1-4H3. The minimum absolute atomic E-state index is 0.0329. The second-order valence-electron chi connectivity index (χ2n) is 4.75. The van der Waals surface area contributed by atoms with Gasteiger partial charge in [-0.2, -0.15) is 0 Å². The van der Waals surface area contributed by atoms with Gasteiger partial charge in [-0.25, -0.2) is 0 Å². The third-order valence-corrected chi connectivity index (χ3v) is 3.97. The summed E-state index contributed by atoms with van der Waals surface area (Å²) in [6.45, 7) is 9.02. The Labute approximate surface area is 103 Å². The van der Waals surface area contributed by atoms with Crippen LogP contribution in [0.25, 0.3) is 0 Å². The molecule has 0 aromatic heterocycles. The molecule has 0 amide bonds. The van der Waals surface area contributed by atoms with Crippen LogP contribution < -0.4 is 5.32 Å². The lowest BCUT2D eigenvalue weighted by Crippen LogP contribution is -2.36. The van der Waals surface area contributed by atoms with Crippen LogP contribution in [-0.4, -0.2) is 42.2 Å². The summed E-state index contributed by atoms with van der Waals surface area (Å²) in [7, 11) is 1.75. The van der Waals surface area contributed by atoms with Crippen LogP contribution in [0.4, 0.5) is 0 Å². The van der Waals surface area contributed by atoms with Crippen LogP contribution in [0.2, 0.25) is 6.04 Å². The molecule has 16 heavy (non-hydrogen) atoms. The molecule has 1 N–H and O–H groups in total. The molecule has 0 atom stereocenters. The van der Waals surface area contributed by atoms with Crippen LogP contribution in [0.3, 0.4) is 0 Å². The number of rotatable bonds is 11. The average Bonchev–Trinajstić information content (AvgIpc) is 2.22. The number of unbranched alkanes of at least 4 members (excludes halogenated alkanes) is 2. The summed E-state index contributed by atoms with van der Waals surface area (Å²) in [5, 5.41) is 3.15. The van der Waals surface area contributed by atoms with E-state index < -0.39 is 0 Å². The highest BCUT2D eigenvalue weighted by Gasteiger charge is 2.16. The molecule has 0 aromatic carbocycles. The summed E-state index contributed by atoms with van der Waals surface area (Å²) in [6.07, 6.45) is 3.76. The van der Waals surface area contributed by atoms with Gasteiger partial charge in [0, 0.05) is 19.8 Å². The predicted octanol–water partition coefficient (Wildman–Crippen LogP) is 1.71. The lowest BCUT2D eigenvalue weighted by atomic mass is 10.1. The third kappa shape index (κ3) is 10.6. The Bertz CT molecular complexity index is 154. The fourth-order valence-electron chi connectivity index (χ4n) is 1.63. The number of nitrogens with one attached hydrogen (secondary N) is 1. The topological polar surface area (TPSA) is 30.5 Å². The molecule has 0 aliphatic heterocycles. The van der Waals surface area contributed by atoms with Crippen molar-refractivity contribution in [2.45, 2.75) is 51.7 Å². The van der Waals surface area contributed by atoms with Gasteiger partial charge in [-0.1, -0.05) is 12.8 Å². The van der Waals surface area contributed by atoms with E-state index in [1.54, 1.807) is 0 Å². The molecule has 0 heterocycles. The summed E-state index contributed by atoms with van der Waals surface area (Å²) in [4.78, 5) is 0. The molecule has 0 unspecified atom stereocenters. The van der Waals surface area contributed by atoms with Crippen LogP contribution in [0.1, 0.15) is 40.0 Å². The molecule has 98 valence electrons. The molecule has 0 aliphatic carbocycles. The molecule has 0 aliphatic rings. The van der Waals surface area contributed by atoms with Crippen molar-refractivity contribution in [3.8, 4) is 0 Å². The summed E-state index contributed by atoms with van der Waals surface area (Å²) in [5.41, 5.74) is -0.0329. The van der Waals surface area contributed by atoms with Crippen molar-refractivity contribution >= 4 is 9.76 Å². The van der Waals surface area contributed by atoms with Crippen LogP contribution in [0.5, 0.6) is 0 Å². The monoisotopic (exact) mass is 247 g/mol. The van der Waals surface area contributed by atoms with Gasteiger partial charge < -0.3 is 14.5 Å². The van der Waals surface area contributed by atoms with Crippen molar-refractivity contribution < 1.29 is 9.16 Å². The number of likely N-dealkylation sites (N-methyl/N-ethyl adjacent to an activating group) is 1. The van der Waals surface area contributed by atoms with E-state index >= 15 is 0 Å². The summed E-state index contributed by atoms with van der Waals surface area (Å²) >= 11 is 0. The smallest absolute Gasteiger partial charge is 0.161 e. The first kappa shape index (κ1) is 16.1. The minimum atomic E-state index is -0.209. The molecule has 3 nitrogen and oxygen atoms in total. The van der Waals surface area contributed by atoms with Crippen LogP contribution >= 0.6 is 0 Å². The van der Waals surface area contributed by atoms with Gasteiger partial charge in [0.2, 0.25) is 0 Å². The minimum Gasteiger partial charge on any atom is -0.424 e. The van der Waals surface area contributed by atoms with Crippen LogP contribution in [-0.2, 0) is 9.16 Å². The van der Waals surface area contributed by atoms with E-state index in [2.05, 4.69) is 26.1 Å². The number of hydrogen-bond donors (Lipinski definition) is 1. The second-order valence-corrected chi connectivity index (χ2v) is 6.27. The summed E-state index contributed by atoms with van der Waals surface area (Å²) in [5.74, 6) is 0. The van der Waals surface area contributed by atoms with E-state index in [9.17, 15) is 0 Å². The van der Waals surface area contributed by atoms with Crippen molar-refractivity contribution in [1.29, 1.82) is 0 Å².